The van der Waals surface area contributed by atoms with Gasteiger partial charge in [0.15, 0.2) is 0 Å². The molecular weight excluding hydrogens is 386 g/mol. The SMILES string of the molecule is O=C(NC1CCOCC1)c1cc(I)cc(C(F)(F)F)c1. The molecule has 0 saturated carbocycles. The van der Waals surface area contributed by atoms with E-state index < -0.39 is 17.6 Å². The van der Waals surface area contributed by atoms with E-state index >= 15 is 0 Å². The van der Waals surface area contributed by atoms with Crippen molar-refractivity contribution in [2.24, 2.45) is 0 Å². The quantitative estimate of drug-likeness (QED) is 0.776. The van der Waals surface area contributed by atoms with Crippen LogP contribution >= 0.6 is 22.6 Å². The minimum Gasteiger partial charge on any atom is -0.381 e. The number of benzene rings is 1. The van der Waals surface area contributed by atoms with Gasteiger partial charge in [-0.3, -0.25) is 4.79 Å². The summed E-state index contributed by atoms with van der Waals surface area (Å²) in [6.07, 6.45) is -3.08. The van der Waals surface area contributed by atoms with E-state index in [4.69, 9.17) is 4.74 Å². The third kappa shape index (κ3) is 4.08. The molecule has 1 N–H and O–H groups in total. The molecule has 1 fully saturated rings. The Balaban J connectivity index is 2.14. The number of hydrogen-bond acceptors (Lipinski definition) is 2. The van der Waals surface area contributed by atoms with E-state index in [0.717, 1.165) is 12.1 Å². The zero-order valence-electron chi connectivity index (χ0n) is 10.5. The van der Waals surface area contributed by atoms with Crippen LogP contribution in [0.15, 0.2) is 18.2 Å². The second-order valence-corrected chi connectivity index (χ2v) is 5.83. The number of amides is 1. The Morgan fingerprint density at radius 1 is 1.25 bits per heavy atom. The first-order valence-corrected chi connectivity index (χ1v) is 7.20. The molecule has 0 atom stereocenters. The van der Waals surface area contributed by atoms with Crippen molar-refractivity contribution >= 4 is 28.5 Å². The van der Waals surface area contributed by atoms with Crippen LogP contribution in [-0.4, -0.2) is 25.2 Å². The van der Waals surface area contributed by atoms with Crippen molar-refractivity contribution in [1.29, 1.82) is 0 Å². The number of alkyl halides is 3. The van der Waals surface area contributed by atoms with Gasteiger partial charge in [-0.15, -0.1) is 0 Å². The lowest BCUT2D eigenvalue weighted by Crippen LogP contribution is -2.39. The molecule has 1 aromatic rings. The Kier molecular flexibility index (Phi) is 4.90. The Labute approximate surface area is 128 Å². The topological polar surface area (TPSA) is 38.3 Å². The van der Waals surface area contributed by atoms with Gasteiger partial charge >= 0.3 is 6.18 Å². The van der Waals surface area contributed by atoms with Gasteiger partial charge in [0, 0.05) is 28.4 Å². The average Bonchev–Trinajstić information content (AvgIpc) is 2.38. The largest absolute Gasteiger partial charge is 0.416 e. The van der Waals surface area contributed by atoms with Crippen molar-refractivity contribution in [2.45, 2.75) is 25.1 Å². The summed E-state index contributed by atoms with van der Waals surface area (Å²) in [5, 5.41) is 2.75. The fourth-order valence-corrected chi connectivity index (χ4v) is 2.67. The van der Waals surface area contributed by atoms with E-state index in [0.29, 0.717) is 29.6 Å². The van der Waals surface area contributed by atoms with Gasteiger partial charge in [-0.25, -0.2) is 0 Å². The van der Waals surface area contributed by atoms with Gasteiger partial charge in [-0.05, 0) is 53.6 Å². The van der Waals surface area contributed by atoms with Crippen molar-refractivity contribution < 1.29 is 22.7 Å². The lowest BCUT2D eigenvalue weighted by Gasteiger charge is -2.23. The van der Waals surface area contributed by atoms with Crippen LogP contribution in [0, 0.1) is 3.57 Å². The molecule has 0 radical (unpaired) electrons. The molecular formula is C13H13F3INO2. The molecule has 110 valence electrons. The lowest BCUT2D eigenvalue weighted by atomic mass is 10.1. The van der Waals surface area contributed by atoms with Crippen LogP contribution in [0.25, 0.3) is 0 Å². The Bertz CT molecular complexity index is 499. The van der Waals surface area contributed by atoms with Gasteiger partial charge in [0.05, 0.1) is 5.56 Å². The highest BCUT2D eigenvalue weighted by molar-refractivity contribution is 14.1. The van der Waals surface area contributed by atoms with Gasteiger partial charge in [-0.2, -0.15) is 13.2 Å². The van der Waals surface area contributed by atoms with Crippen molar-refractivity contribution in [3.8, 4) is 0 Å². The van der Waals surface area contributed by atoms with E-state index in [1.165, 1.54) is 6.07 Å². The van der Waals surface area contributed by atoms with Crippen molar-refractivity contribution in [1.82, 2.24) is 5.32 Å². The van der Waals surface area contributed by atoms with Crippen LogP contribution in [0.5, 0.6) is 0 Å². The second-order valence-electron chi connectivity index (χ2n) is 4.59. The summed E-state index contributed by atoms with van der Waals surface area (Å²) in [4.78, 5) is 12.0. The van der Waals surface area contributed by atoms with Crippen LogP contribution in [0.2, 0.25) is 0 Å². The van der Waals surface area contributed by atoms with Crippen LogP contribution in [-0.2, 0) is 10.9 Å². The Morgan fingerprint density at radius 3 is 2.50 bits per heavy atom. The maximum Gasteiger partial charge on any atom is 0.416 e. The number of hydrogen-bond donors (Lipinski definition) is 1. The van der Waals surface area contributed by atoms with E-state index in [1.807, 2.05) is 0 Å². The molecule has 1 heterocycles. The summed E-state index contributed by atoms with van der Waals surface area (Å²) in [5.74, 6) is -0.471. The smallest absolute Gasteiger partial charge is 0.381 e. The molecule has 1 amide bonds. The number of rotatable bonds is 2. The van der Waals surface area contributed by atoms with Crippen molar-refractivity contribution in [2.75, 3.05) is 13.2 Å². The first-order chi connectivity index (χ1) is 9.36. The number of halogens is 4. The third-order valence-corrected chi connectivity index (χ3v) is 3.67. The van der Waals surface area contributed by atoms with Crippen LogP contribution in [0.4, 0.5) is 13.2 Å². The zero-order valence-corrected chi connectivity index (χ0v) is 12.6. The Morgan fingerprint density at radius 2 is 1.90 bits per heavy atom. The molecule has 1 aliphatic heterocycles. The first-order valence-electron chi connectivity index (χ1n) is 6.12. The minimum atomic E-state index is -4.45. The fraction of sp³-hybridized carbons (Fsp3) is 0.462. The normalized spacial score (nSPS) is 17.0. The predicted octanol–water partition coefficient (Wildman–Crippen LogP) is 3.22. The summed E-state index contributed by atoms with van der Waals surface area (Å²) in [6, 6.07) is 3.32. The summed E-state index contributed by atoms with van der Waals surface area (Å²) in [7, 11) is 0. The van der Waals surface area contributed by atoms with Crippen molar-refractivity contribution in [3.05, 3.63) is 32.9 Å². The highest BCUT2D eigenvalue weighted by atomic mass is 127. The third-order valence-electron chi connectivity index (χ3n) is 3.04. The van der Waals surface area contributed by atoms with E-state index in [1.54, 1.807) is 22.6 Å². The zero-order chi connectivity index (χ0) is 14.8. The van der Waals surface area contributed by atoms with E-state index in [2.05, 4.69) is 5.32 Å². The molecule has 0 spiro atoms. The molecule has 2 rings (SSSR count). The number of nitrogens with one attached hydrogen (secondary N) is 1. The average molecular weight is 399 g/mol. The predicted molar refractivity (Wildman–Crippen MR) is 75.5 cm³/mol. The molecule has 1 saturated heterocycles. The van der Waals surface area contributed by atoms with Gasteiger partial charge in [-0.1, -0.05) is 0 Å². The standard InChI is InChI=1S/C13H13F3INO2/c14-13(15,16)9-5-8(6-10(17)7-9)12(19)18-11-1-3-20-4-2-11/h5-7,11H,1-4H2,(H,18,19). The second kappa shape index (κ2) is 6.30. The maximum absolute atomic E-state index is 12.7. The molecule has 7 heteroatoms. The number of carbonyl (C=O) groups excluding carboxylic acids is 1. The number of ether oxygens (including phenoxy) is 1. The molecule has 0 unspecified atom stereocenters. The van der Waals surface area contributed by atoms with Gasteiger partial charge < -0.3 is 10.1 Å². The Hall–Kier alpha value is -0.830. The minimum absolute atomic E-state index is 0.0377. The van der Waals surface area contributed by atoms with Crippen LogP contribution in [0.3, 0.4) is 0 Å². The van der Waals surface area contributed by atoms with Gasteiger partial charge in [0.1, 0.15) is 0 Å². The first kappa shape index (κ1) is 15.6. The summed E-state index contributed by atoms with van der Waals surface area (Å²) < 4.78 is 43.7. The van der Waals surface area contributed by atoms with Crippen LogP contribution in [0.1, 0.15) is 28.8 Å². The molecule has 3 nitrogen and oxygen atoms in total. The molecule has 1 aromatic carbocycles. The van der Waals surface area contributed by atoms with E-state index in [9.17, 15) is 18.0 Å². The monoisotopic (exact) mass is 399 g/mol. The molecule has 0 aliphatic carbocycles. The molecule has 0 aromatic heterocycles. The summed E-state index contributed by atoms with van der Waals surface area (Å²) in [5.41, 5.74) is -0.766. The molecule has 20 heavy (non-hydrogen) atoms. The molecule has 1 aliphatic rings. The highest BCUT2D eigenvalue weighted by Gasteiger charge is 2.31. The summed E-state index contributed by atoms with van der Waals surface area (Å²) in [6.45, 7) is 1.12. The highest BCUT2D eigenvalue weighted by Crippen LogP contribution is 2.31. The summed E-state index contributed by atoms with van der Waals surface area (Å²) >= 11 is 1.78. The molecule has 0 bridgehead atoms. The fourth-order valence-electron chi connectivity index (χ4n) is 2.00. The van der Waals surface area contributed by atoms with Gasteiger partial charge in [0.25, 0.3) is 5.91 Å². The van der Waals surface area contributed by atoms with Gasteiger partial charge in [0.2, 0.25) is 0 Å². The lowest BCUT2D eigenvalue weighted by molar-refractivity contribution is -0.137. The van der Waals surface area contributed by atoms with E-state index in [-0.39, 0.29) is 11.6 Å². The van der Waals surface area contributed by atoms with Crippen molar-refractivity contribution in [3.63, 3.8) is 0 Å². The number of carbonyl (C=O) groups is 1. The van der Waals surface area contributed by atoms with Crippen LogP contribution < -0.4 is 5.32 Å². The maximum atomic E-state index is 12.7.